The molecule has 1 aliphatic rings. The molecule has 0 unspecified atom stereocenters. The molecule has 0 aliphatic carbocycles. The number of aryl methyl sites for hydroxylation is 3. The summed E-state index contributed by atoms with van der Waals surface area (Å²) in [7, 11) is 1.78. The number of hydrogen-bond donors (Lipinski definition) is 0. The van der Waals surface area contributed by atoms with Crippen molar-refractivity contribution < 1.29 is 4.79 Å². The first-order valence-electron chi connectivity index (χ1n) is 8.85. The molecule has 1 amide bonds. The Hall–Kier alpha value is -2.47. The summed E-state index contributed by atoms with van der Waals surface area (Å²) in [6.45, 7) is 4.56. The molecule has 5 nitrogen and oxygen atoms in total. The molecule has 0 bridgehead atoms. The first kappa shape index (κ1) is 17.0. The second-order valence-corrected chi connectivity index (χ2v) is 7.83. The fourth-order valence-electron chi connectivity index (χ4n) is 3.64. The van der Waals surface area contributed by atoms with Crippen molar-refractivity contribution in [2.24, 2.45) is 0 Å². The molecule has 4 rings (SSSR count). The van der Waals surface area contributed by atoms with Gasteiger partial charge in [0, 0.05) is 25.7 Å². The van der Waals surface area contributed by atoms with Crippen LogP contribution in [0.1, 0.15) is 39.5 Å². The number of fused-ring (bicyclic) bond motifs is 2. The molecular weight excluding hydrogens is 346 g/mol. The molecule has 0 spiro atoms. The van der Waals surface area contributed by atoms with Gasteiger partial charge in [0.25, 0.3) is 11.5 Å². The van der Waals surface area contributed by atoms with E-state index < -0.39 is 0 Å². The van der Waals surface area contributed by atoms with Crippen molar-refractivity contribution in [3.63, 3.8) is 0 Å². The maximum absolute atomic E-state index is 13.1. The lowest BCUT2D eigenvalue weighted by atomic mass is 10.1. The van der Waals surface area contributed by atoms with Crippen molar-refractivity contribution in [3.05, 3.63) is 56.4 Å². The molecule has 6 heteroatoms. The highest BCUT2D eigenvalue weighted by Crippen LogP contribution is 2.31. The molecule has 1 aliphatic heterocycles. The highest BCUT2D eigenvalue weighted by molar-refractivity contribution is 7.20. The number of nitrogens with zero attached hydrogens (tertiary/aromatic N) is 3. The van der Waals surface area contributed by atoms with Crippen LogP contribution in [0, 0.1) is 13.8 Å². The van der Waals surface area contributed by atoms with E-state index in [1.54, 1.807) is 16.5 Å². The largest absolute Gasteiger partial charge is 0.310 e. The Kier molecular flexibility index (Phi) is 4.15. The number of para-hydroxylation sites is 1. The van der Waals surface area contributed by atoms with Gasteiger partial charge >= 0.3 is 0 Å². The predicted molar refractivity (Wildman–Crippen MR) is 105 cm³/mol. The normalized spacial score (nSPS) is 13.7. The Morgan fingerprint density at radius 2 is 2.00 bits per heavy atom. The van der Waals surface area contributed by atoms with Gasteiger partial charge in [0.05, 0.1) is 10.3 Å². The van der Waals surface area contributed by atoms with E-state index in [-0.39, 0.29) is 11.5 Å². The van der Waals surface area contributed by atoms with Gasteiger partial charge in [0.2, 0.25) is 0 Å². The second kappa shape index (κ2) is 6.36. The third kappa shape index (κ3) is 2.56. The number of carbonyl (C=O) groups is 1. The number of rotatable bonds is 2. The van der Waals surface area contributed by atoms with Crippen molar-refractivity contribution in [1.82, 2.24) is 9.55 Å². The summed E-state index contributed by atoms with van der Waals surface area (Å²) in [4.78, 5) is 33.7. The van der Waals surface area contributed by atoms with Crippen molar-refractivity contribution >= 4 is 33.1 Å². The molecule has 3 heterocycles. The molecule has 0 N–H and O–H groups in total. The molecule has 0 radical (unpaired) electrons. The first-order valence-corrected chi connectivity index (χ1v) is 9.67. The summed E-state index contributed by atoms with van der Waals surface area (Å²) in [5.74, 6) is 0.753. The van der Waals surface area contributed by atoms with Gasteiger partial charge in [-0.1, -0.05) is 18.2 Å². The third-order valence-corrected chi connectivity index (χ3v) is 6.31. The van der Waals surface area contributed by atoms with E-state index in [4.69, 9.17) is 4.98 Å². The minimum absolute atomic E-state index is 0.00366. The predicted octanol–water partition coefficient (Wildman–Crippen LogP) is 3.69. The molecule has 2 aromatic heterocycles. The zero-order valence-electron chi connectivity index (χ0n) is 15.2. The van der Waals surface area contributed by atoms with Crippen LogP contribution in [0.2, 0.25) is 0 Å². The fourth-order valence-corrected chi connectivity index (χ4v) is 4.80. The topological polar surface area (TPSA) is 55.2 Å². The highest BCUT2D eigenvalue weighted by Gasteiger charge is 2.25. The van der Waals surface area contributed by atoms with Gasteiger partial charge in [-0.3, -0.25) is 14.2 Å². The van der Waals surface area contributed by atoms with Crippen LogP contribution in [0.15, 0.2) is 29.1 Å². The number of benzene rings is 1. The van der Waals surface area contributed by atoms with Crippen LogP contribution >= 0.6 is 11.3 Å². The standard InChI is InChI=1S/C20H21N3O2S/c1-12-8-4-5-9-14(12)22(3)20(25)17-13(2)16-18(26-17)21-15-10-6-7-11-23(15)19(16)24/h4-5,8-9H,6-7,10-11H2,1-3H3. The molecule has 0 saturated heterocycles. The number of amides is 1. The maximum atomic E-state index is 13.1. The van der Waals surface area contributed by atoms with Gasteiger partial charge in [0.1, 0.15) is 10.7 Å². The van der Waals surface area contributed by atoms with E-state index in [1.807, 2.05) is 38.1 Å². The summed E-state index contributed by atoms with van der Waals surface area (Å²) in [6.07, 6.45) is 2.89. The van der Waals surface area contributed by atoms with Gasteiger partial charge < -0.3 is 4.90 Å². The quantitative estimate of drug-likeness (QED) is 0.694. The molecule has 1 aromatic carbocycles. The molecule has 0 fully saturated rings. The molecule has 134 valence electrons. The van der Waals surface area contributed by atoms with Gasteiger partial charge in [-0.2, -0.15) is 0 Å². The summed E-state index contributed by atoms with van der Waals surface area (Å²) >= 11 is 1.33. The SMILES string of the molecule is Cc1ccccc1N(C)C(=O)c1sc2nc3n(c(=O)c2c1C)CCCC3. The zero-order valence-corrected chi connectivity index (χ0v) is 16.0. The van der Waals surface area contributed by atoms with Crippen LogP contribution < -0.4 is 10.5 Å². The number of thiophene rings is 1. The van der Waals surface area contributed by atoms with Crippen LogP contribution in [0.5, 0.6) is 0 Å². The van der Waals surface area contributed by atoms with E-state index in [9.17, 15) is 9.59 Å². The Balaban J connectivity index is 1.83. The average molecular weight is 367 g/mol. The summed E-state index contributed by atoms with van der Waals surface area (Å²) in [6, 6.07) is 7.80. The van der Waals surface area contributed by atoms with Gasteiger partial charge in [0.15, 0.2) is 0 Å². The summed E-state index contributed by atoms with van der Waals surface area (Å²) in [5, 5.41) is 0.599. The lowest BCUT2D eigenvalue weighted by molar-refractivity contribution is 0.0996. The van der Waals surface area contributed by atoms with Gasteiger partial charge in [-0.25, -0.2) is 4.98 Å². The van der Waals surface area contributed by atoms with Crippen LogP contribution in [0.4, 0.5) is 5.69 Å². The van der Waals surface area contributed by atoms with Crippen LogP contribution in [0.3, 0.4) is 0 Å². The lowest BCUT2D eigenvalue weighted by Crippen LogP contribution is -2.28. The lowest BCUT2D eigenvalue weighted by Gasteiger charge is -2.19. The number of anilines is 1. The summed E-state index contributed by atoms with van der Waals surface area (Å²) < 4.78 is 1.78. The van der Waals surface area contributed by atoms with E-state index in [1.165, 1.54) is 11.3 Å². The first-order chi connectivity index (χ1) is 12.5. The third-order valence-electron chi connectivity index (χ3n) is 5.14. The van der Waals surface area contributed by atoms with Crippen molar-refractivity contribution in [1.29, 1.82) is 0 Å². The Morgan fingerprint density at radius 1 is 1.23 bits per heavy atom. The van der Waals surface area contributed by atoms with Crippen LogP contribution in [-0.4, -0.2) is 22.5 Å². The second-order valence-electron chi connectivity index (χ2n) is 6.83. The molecule has 3 aromatic rings. The summed E-state index contributed by atoms with van der Waals surface area (Å²) in [5.41, 5.74) is 2.65. The molecule has 0 atom stereocenters. The monoisotopic (exact) mass is 367 g/mol. The van der Waals surface area contributed by atoms with E-state index in [2.05, 4.69) is 0 Å². The number of aromatic nitrogens is 2. The molecule has 0 saturated carbocycles. The number of carbonyl (C=O) groups excluding carboxylic acids is 1. The van der Waals surface area contributed by atoms with Crippen molar-refractivity contribution in [2.75, 3.05) is 11.9 Å². The molecule has 26 heavy (non-hydrogen) atoms. The highest BCUT2D eigenvalue weighted by atomic mass is 32.1. The van der Waals surface area contributed by atoms with Crippen molar-refractivity contribution in [2.45, 2.75) is 39.7 Å². The zero-order chi connectivity index (χ0) is 18.4. The van der Waals surface area contributed by atoms with Gasteiger partial charge in [-0.15, -0.1) is 11.3 Å². The smallest absolute Gasteiger partial charge is 0.268 e. The van der Waals surface area contributed by atoms with Crippen LogP contribution in [-0.2, 0) is 13.0 Å². The van der Waals surface area contributed by atoms with Crippen molar-refractivity contribution in [3.8, 4) is 0 Å². The van der Waals surface area contributed by atoms with Gasteiger partial charge in [-0.05, 0) is 43.9 Å². The number of hydrogen-bond acceptors (Lipinski definition) is 4. The Labute approximate surface area is 155 Å². The molecular formula is C20H21N3O2S. The minimum Gasteiger partial charge on any atom is -0.310 e. The fraction of sp³-hybridized carbons (Fsp3) is 0.350. The maximum Gasteiger partial charge on any atom is 0.268 e. The van der Waals surface area contributed by atoms with E-state index in [0.29, 0.717) is 15.1 Å². The van der Waals surface area contributed by atoms with E-state index in [0.717, 1.165) is 48.4 Å². The van der Waals surface area contributed by atoms with E-state index >= 15 is 0 Å². The average Bonchev–Trinajstić information content (AvgIpc) is 2.98. The Bertz CT molecular complexity index is 1080. The Morgan fingerprint density at radius 3 is 2.77 bits per heavy atom. The minimum atomic E-state index is -0.0952. The van der Waals surface area contributed by atoms with Crippen LogP contribution in [0.25, 0.3) is 10.2 Å².